The minimum Gasteiger partial charge on any atom is -0.497 e. The molecule has 0 unspecified atom stereocenters. The van der Waals surface area contributed by atoms with E-state index in [0.717, 1.165) is 12.3 Å². The summed E-state index contributed by atoms with van der Waals surface area (Å²) in [5, 5.41) is 3.62. The Bertz CT molecular complexity index is 538. The van der Waals surface area contributed by atoms with Crippen LogP contribution in [0.2, 0.25) is 0 Å². The van der Waals surface area contributed by atoms with Crippen LogP contribution in [0.1, 0.15) is 23.5 Å². The third kappa shape index (κ3) is 2.96. The molecule has 0 aliphatic heterocycles. The Morgan fingerprint density at radius 2 is 1.95 bits per heavy atom. The van der Waals surface area contributed by atoms with E-state index in [0.29, 0.717) is 12.0 Å². The Balaban J connectivity index is 1.54. The minimum absolute atomic E-state index is 0.619. The molecule has 2 aromatic rings. The summed E-state index contributed by atoms with van der Waals surface area (Å²) in [6, 6.07) is 19.6. The van der Waals surface area contributed by atoms with E-state index >= 15 is 0 Å². The third-order valence-electron chi connectivity index (χ3n) is 3.72. The highest BCUT2D eigenvalue weighted by molar-refractivity contribution is 5.30. The van der Waals surface area contributed by atoms with Crippen LogP contribution in [0.25, 0.3) is 0 Å². The van der Waals surface area contributed by atoms with Gasteiger partial charge in [-0.1, -0.05) is 42.5 Å². The average molecular weight is 253 g/mol. The van der Waals surface area contributed by atoms with Gasteiger partial charge in [0, 0.05) is 18.5 Å². The van der Waals surface area contributed by atoms with Crippen LogP contribution in [-0.2, 0) is 6.54 Å². The van der Waals surface area contributed by atoms with Crippen LogP contribution >= 0.6 is 0 Å². The molecule has 2 heteroatoms. The van der Waals surface area contributed by atoms with Gasteiger partial charge in [0.25, 0.3) is 0 Å². The lowest BCUT2D eigenvalue weighted by atomic mass is 10.1. The summed E-state index contributed by atoms with van der Waals surface area (Å²) in [5.74, 6) is 1.61. The summed E-state index contributed by atoms with van der Waals surface area (Å²) in [5.41, 5.74) is 2.73. The Kier molecular flexibility index (Phi) is 3.51. The monoisotopic (exact) mass is 253 g/mol. The molecule has 0 heterocycles. The van der Waals surface area contributed by atoms with E-state index in [4.69, 9.17) is 4.74 Å². The SMILES string of the molecule is COc1cccc(CN[C@H]2C[C@@H]2c2ccccc2)c1. The molecule has 0 amide bonds. The van der Waals surface area contributed by atoms with Gasteiger partial charge in [0.05, 0.1) is 7.11 Å². The number of nitrogens with one attached hydrogen (secondary N) is 1. The lowest BCUT2D eigenvalue weighted by Crippen LogP contribution is -2.17. The molecule has 2 atom stereocenters. The van der Waals surface area contributed by atoms with Crippen molar-refractivity contribution in [2.45, 2.75) is 24.9 Å². The first kappa shape index (κ1) is 12.2. The molecule has 1 N–H and O–H groups in total. The Morgan fingerprint density at radius 3 is 2.74 bits per heavy atom. The fraction of sp³-hybridized carbons (Fsp3) is 0.294. The lowest BCUT2D eigenvalue weighted by Gasteiger charge is -2.06. The molecule has 1 aliphatic rings. The fourth-order valence-corrected chi connectivity index (χ4v) is 2.52. The Labute approximate surface area is 114 Å². The Morgan fingerprint density at radius 1 is 1.11 bits per heavy atom. The van der Waals surface area contributed by atoms with Gasteiger partial charge < -0.3 is 10.1 Å². The normalized spacial score (nSPS) is 21.1. The first-order valence-electron chi connectivity index (χ1n) is 6.78. The van der Waals surface area contributed by atoms with Gasteiger partial charge in [0.1, 0.15) is 5.75 Å². The van der Waals surface area contributed by atoms with Gasteiger partial charge in [-0.05, 0) is 29.7 Å². The largest absolute Gasteiger partial charge is 0.497 e. The topological polar surface area (TPSA) is 21.3 Å². The predicted octanol–water partition coefficient (Wildman–Crippen LogP) is 3.34. The average Bonchev–Trinajstić information content (AvgIpc) is 3.26. The summed E-state index contributed by atoms with van der Waals surface area (Å²) >= 11 is 0. The summed E-state index contributed by atoms with van der Waals surface area (Å²) in [6.07, 6.45) is 1.24. The molecular weight excluding hydrogens is 234 g/mol. The molecule has 3 rings (SSSR count). The molecule has 0 spiro atoms. The van der Waals surface area contributed by atoms with Crippen LogP contribution in [0, 0.1) is 0 Å². The molecule has 0 saturated heterocycles. The zero-order valence-corrected chi connectivity index (χ0v) is 11.2. The van der Waals surface area contributed by atoms with Crippen molar-refractivity contribution in [3.63, 3.8) is 0 Å². The third-order valence-corrected chi connectivity index (χ3v) is 3.72. The summed E-state index contributed by atoms with van der Waals surface area (Å²) in [4.78, 5) is 0. The Hall–Kier alpha value is -1.80. The van der Waals surface area contributed by atoms with E-state index < -0.39 is 0 Å². The van der Waals surface area contributed by atoms with Crippen molar-refractivity contribution in [2.24, 2.45) is 0 Å². The van der Waals surface area contributed by atoms with Gasteiger partial charge >= 0.3 is 0 Å². The van der Waals surface area contributed by atoms with E-state index in [9.17, 15) is 0 Å². The zero-order chi connectivity index (χ0) is 13.1. The molecular formula is C17H19NO. The highest BCUT2D eigenvalue weighted by Crippen LogP contribution is 2.40. The summed E-state index contributed by atoms with van der Waals surface area (Å²) < 4.78 is 5.24. The minimum atomic E-state index is 0.619. The van der Waals surface area contributed by atoms with Gasteiger partial charge in [0.2, 0.25) is 0 Å². The number of methoxy groups -OCH3 is 1. The molecule has 1 aliphatic carbocycles. The quantitative estimate of drug-likeness (QED) is 0.882. The highest BCUT2D eigenvalue weighted by atomic mass is 16.5. The van der Waals surface area contributed by atoms with Crippen LogP contribution in [0.4, 0.5) is 0 Å². The van der Waals surface area contributed by atoms with Crippen LogP contribution < -0.4 is 10.1 Å². The highest BCUT2D eigenvalue weighted by Gasteiger charge is 2.37. The molecule has 0 aromatic heterocycles. The van der Waals surface area contributed by atoms with Crippen LogP contribution in [0.3, 0.4) is 0 Å². The standard InChI is InChI=1S/C17H19NO/c1-19-15-9-5-6-13(10-15)12-18-17-11-16(17)14-7-3-2-4-8-14/h2-10,16-18H,11-12H2,1H3/t16-,17+/m1/s1. The molecule has 1 saturated carbocycles. The second kappa shape index (κ2) is 5.45. The fourth-order valence-electron chi connectivity index (χ4n) is 2.52. The number of hydrogen-bond acceptors (Lipinski definition) is 2. The van der Waals surface area contributed by atoms with Crippen LogP contribution in [0.5, 0.6) is 5.75 Å². The second-order valence-electron chi connectivity index (χ2n) is 5.09. The predicted molar refractivity (Wildman–Crippen MR) is 77.4 cm³/mol. The van der Waals surface area contributed by atoms with Crippen molar-refractivity contribution < 1.29 is 4.74 Å². The van der Waals surface area contributed by atoms with Crippen LogP contribution in [0.15, 0.2) is 54.6 Å². The maximum absolute atomic E-state index is 5.24. The van der Waals surface area contributed by atoms with Crippen molar-refractivity contribution in [2.75, 3.05) is 7.11 Å². The zero-order valence-electron chi connectivity index (χ0n) is 11.2. The van der Waals surface area contributed by atoms with E-state index in [1.165, 1.54) is 17.5 Å². The van der Waals surface area contributed by atoms with Crippen molar-refractivity contribution >= 4 is 0 Å². The van der Waals surface area contributed by atoms with E-state index in [1.807, 2.05) is 12.1 Å². The molecule has 0 radical (unpaired) electrons. The van der Waals surface area contributed by atoms with Gasteiger partial charge in [-0.3, -0.25) is 0 Å². The van der Waals surface area contributed by atoms with Gasteiger partial charge in [-0.25, -0.2) is 0 Å². The molecule has 2 nitrogen and oxygen atoms in total. The van der Waals surface area contributed by atoms with Crippen molar-refractivity contribution in [1.82, 2.24) is 5.32 Å². The summed E-state index contributed by atoms with van der Waals surface area (Å²) in [6.45, 7) is 0.908. The number of benzene rings is 2. The molecule has 2 aromatic carbocycles. The van der Waals surface area contributed by atoms with Crippen LogP contribution in [-0.4, -0.2) is 13.2 Å². The molecule has 0 bridgehead atoms. The van der Waals surface area contributed by atoms with Crippen molar-refractivity contribution in [3.8, 4) is 5.75 Å². The molecule has 98 valence electrons. The van der Waals surface area contributed by atoms with Crippen molar-refractivity contribution in [1.29, 1.82) is 0 Å². The van der Waals surface area contributed by atoms with Gasteiger partial charge in [-0.2, -0.15) is 0 Å². The maximum atomic E-state index is 5.24. The molecule has 1 fully saturated rings. The van der Waals surface area contributed by atoms with E-state index in [1.54, 1.807) is 7.11 Å². The number of rotatable bonds is 5. The smallest absolute Gasteiger partial charge is 0.119 e. The van der Waals surface area contributed by atoms with E-state index in [-0.39, 0.29) is 0 Å². The first-order chi connectivity index (χ1) is 9.36. The lowest BCUT2D eigenvalue weighted by molar-refractivity contribution is 0.414. The summed E-state index contributed by atoms with van der Waals surface area (Å²) in [7, 11) is 1.71. The number of ether oxygens (including phenoxy) is 1. The van der Waals surface area contributed by atoms with Crippen molar-refractivity contribution in [3.05, 3.63) is 65.7 Å². The number of hydrogen-bond donors (Lipinski definition) is 1. The molecule has 19 heavy (non-hydrogen) atoms. The van der Waals surface area contributed by atoms with Gasteiger partial charge in [-0.15, -0.1) is 0 Å². The maximum Gasteiger partial charge on any atom is 0.119 e. The first-order valence-corrected chi connectivity index (χ1v) is 6.78. The van der Waals surface area contributed by atoms with E-state index in [2.05, 4.69) is 47.8 Å². The van der Waals surface area contributed by atoms with Gasteiger partial charge in [0.15, 0.2) is 0 Å². The second-order valence-corrected chi connectivity index (χ2v) is 5.09.